The molecule has 0 atom stereocenters. The molecular formula is C18H26N4. The molecule has 118 valence electrons. The number of aryl methyl sites for hydroxylation is 1. The number of aromatic nitrogens is 2. The highest BCUT2D eigenvalue weighted by Gasteiger charge is 2.10. The molecule has 0 radical (unpaired) electrons. The van der Waals surface area contributed by atoms with Gasteiger partial charge in [0.05, 0.1) is 0 Å². The molecule has 0 unspecified atom stereocenters. The Balaban J connectivity index is 2.14. The maximum Gasteiger partial charge on any atom is 0.134 e. The summed E-state index contributed by atoms with van der Waals surface area (Å²) in [6, 6.07) is 12.5. The highest BCUT2D eigenvalue weighted by Crippen LogP contribution is 2.19. The molecule has 22 heavy (non-hydrogen) atoms. The van der Waals surface area contributed by atoms with Crippen molar-refractivity contribution in [1.29, 1.82) is 0 Å². The zero-order valence-electron chi connectivity index (χ0n) is 14.1. The molecule has 0 N–H and O–H groups in total. The van der Waals surface area contributed by atoms with Gasteiger partial charge in [-0.25, -0.2) is 9.97 Å². The van der Waals surface area contributed by atoms with Crippen molar-refractivity contribution in [2.24, 2.45) is 0 Å². The molecule has 0 saturated heterocycles. The van der Waals surface area contributed by atoms with E-state index in [9.17, 15) is 0 Å². The van der Waals surface area contributed by atoms with E-state index in [2.05, 4.69) is 71.1 Å². The second kappa shape index (κ2) is 7.78. The molecule has 4 nitrogen and oxygen atoms in total. The fourth-order valence-corrected chi connectivity index (χ4v) is 2.38. The topological polar surface area (TPSA) is 32.3 Å². The number of benzene rings is 1. The standard InChI is InChI=1S/C18H26N4/c1-5-6-12-21(3)17-13-18(20-15(2)19-17)22(4)14-16-10-8-7-9-11-16/h7-11,13H,5-6,12,14H2,1-4H3. The Morgan fingerprint density at radius 3 is 2.23 bits per heavy atom. The molecule has 0 bridgehead atoms. The Labute approximate surface area is 133 Å². The van der Waals surface area contributed by atoms with Crippen LogP contribution in [0.5, 0.6) is 0 Å². The van der Waals surface area contributed by atoms with Crippen LogP contribution in [0.1, 0.15) is 31.2 Å². The van der Waals surface area contributed by atoms with Crippen LogP contribution in [-0.4, -0.2) is 30.6 Å². The summed E-state index contributed by atoms with van der Waals surface area (Å²) < 4.78 is 0. The predicted molar refractivity (Wildman–Crippen MR) is 93.5 cm³/mol. The molecule has 1 aromatic heterocycles. The predicted octanol–water partition coefficient (Wildman–Crippen LogP) is 3.66. The van der Waals surface area contributed by atoms with Crippen LogP contribution in [-0.2, 0) is 6.54 Å². The summed E-state index contributed by atoms with van der Waals surface area (Å²) in [6.45, 7) is 6.03. The van der Waals surface area contributed by atoms with Gasteiger partial charge in [0.25, 0.3) is 0 Å². The van der Waals surface area contributed by atoms with Gasteiger partial charge in [-0.2, -0.15) is 0 Å². The number of hydrogen-bond acceptors (Lipinski definition) is 4. The maximum atomic E-state index is 4.58. The van der Waals surface area contributed by atoms with E-state index < -0.39 is 0 Å². The Morgan fingerprint density at radius 1 is 0.955 bits per heavy atom. The fourth-order valence-electron chi connectivity index (χ4n) is 2.38. The van der Waals surface area contributed by atoms with E-state index in [0.717, 1.165) is 30.5 Å². The Kier molecular flexibility index (Phi) is 5.75. The minimum atomic E-state index is 0.816. The highest BCUT2D eigenvalue weighted by molar-refractivity contribution is 5.50. The first-order chi connectivity index (χ1) is 10.6. The molecule has 0 spiro atoms. The Hall–Kier alpha value is -2.10. The van der Waals surface area contributed by atoms with E-state index >= 15 is 0 Å². The summed E-state index contributed by atoms with van der Waals surface area (Å²) in [5, 5.41) is 0. The fraction of sp³-hybridized carbons (Fsp3) is 0.444. The van der Waals surface area contributed by atoms with Crippen LogP contribution in [0.2, 0.25) is 0 Å². The third-order valence-corrected chi connectivity index (χ3v) is 3.70. The quantitative estimate of drug-likeness (QED) is 0.781. The Morgan fingerprint density at radius 2 is 1.59 bits per heavy atom. The van der Waals surface area contributed by atoms with E-state index in [0.29, 0.717) is 0 Å². The lowest BCUT2D eigenvalue weighted by atomic mass is 10.2. The average Bonchev–Trinajstić information content (AvgIpc) is 2.53. The van der Waals surface area contributed by atoms with Crippen LogP contribution < -0.4 is 9.80 Å². The third kappa shape index (κ3) is 4.45. The monoisotopic (exact) mass is 298 g/mol. The van der Waals surface area contributed by atoms with Gasteiger partial charge in [-0.3, -0.25) is 0 Å². The van der Waals surface area contributed by atoms with Crippen molar-refractivity contribution in [3.63, 3.8) is 0 Å². The average molecular weight is 298 g/mol. The van der Waals surface area contributed by atoms with E-state index in [-0.39, 0.29) is 0 Å². The number of rotatable bonds is 7. The van der Waals surface area contributed by atoms with Crippen molar-refractivity contribution in [2.75, 3.05) is 30.4 Å². The largest absolute Gasteiger partial charge is 0.360 e. The van der Waals surface area contributed by atoms with Gasteiger partial charge in [-0.05, 0) is 18.9 Å². The lowest BCUT2D eigenvalue weighted by Gasteiger charge is -2.22. The van der Waals surface area contributed by atoms with Gasteiger partial charge in [-0.1, -0.05) is 43.7 Å². The molecule has 2 aromatic rings. The van der Waals surface area contributed by atoms with Crippen LogP contribution in [0.15, 0.2) is 36.4 Å². The van der Waals surface area contributed by atoms with Gasteiger partial charge >= 0.3 is 0 Å². The van der Waals surface area contributed by atoms with Crippen molar-refractivity contribution in [1.82, 2.24) is 9.97 Å². The zero-order chi connectivity index (χ0) is 15.9. The van der Waals surface area contributed by atoms with Gasteiger partial charge in [0.15, 0.2) is 0 Å². The number of unbranched alkanes of at least 4 members (excludes halogenated alkanes) is 1. The van der Waals surface area contributed by atoms with Crippen molar-refractivity contribution in [3.05, 3.63) is 47.8 Å². The van der Waals surface area contributed by atoms with E-state index in [4.69, 9.17) is 0 Å². The molecule has 0 aliphatic heterocycles. The molecule has 2 rings (SSSR count). The molecule has 1 aromatic carbocycles. The lowest BCUT2D eigenvalue weighted by Crippen LogP contribution is -2.23. The number of nitrogens with zero attached hydrogens (tertiary/aromatic N) is 4. The van der Waals surface area contributed by atoms with Gasteiger partial charge < -0.3 is 9.80 Å². The van der Waals surface area contributed by atoms with Gasteiger partial charge in [0.2, 0.25) is 0 Å². The summed E-state index contributed by atoms with van der Waals surface area (Å²) in [5.41, 5.74) is 1.28. The highest BCUT2D eigenvalue weighted by atomic mass is 15.2. The SMILES string of the molecule is CCCCN(C)c1cc(N(C)Cc2ccccc2)nc(C)n1. The zero-order valence-corrected chi connectivity index (χ0v) is 14.1. The first kappa shape index (κ1) is 16.3. The molecule has 0 aliphatic carbocycles. The lowest BCUT2D eigenvalue weighted by molar-refractivity contribution is 0.754. The van der Waals surface area contributed by atoms with Crippen molar-refractivity contribution in [3.8, 4) is 0 Å². The van der Waals surface area contributed by atoms with Crippen molar-refractivity contribution >= 4 is 11.6 Å². The first-order valence-electron chi connectivity index (χ1n) is 7.92. The third-order valence-electron chi connectivity index (χ3n) is 3.70. The summed E-state index contributed by atoms with van der Waals surface area (Å²) >= 11 is 0. The number of hydrogen-bond donors (Lipinski definition) is 0. The Bertz CT molecular complexity index is 583. The minimum absolute atomic E-state index is 0.816. The molecule has 0 saturated carbocycles. The van der Waals surface area contributed by atoms with Gasteiger partial charge in [-0.15, -0.1) is 0 Å². The molecule has 0 aliphatic rings. The minimum Gasteiger partial charge on any atom is -0.360 e. The van der Waals surface area contributed by atoms with Crippen LogP contribution in [0.3, 0.4) is 0 Å². The van der Waals surface area contributed by atoms with Crippen LogP contribution in [0.25, 0.3) is 0 Å². The van der Waals surface area contributed by atoms with E-state index in [1.807, 2.05) is 13.0 Å². The smallest absolute Gasteiger partial charge is 0.134 e. The van der Waals surface area contributed by atoms with Crippen molar-refractivity contribution < 1.29 is 0 Å². The van der Waals surface area contributed by atoms with Gasteiger partial charge in [0, 0.05) is 33.3 Å². The molecule has 0 fully saturated rings. The summed E-state index contributed by atoms with van der Waals surface area (Å²) in [5.74, 6) is 2.78. The van der Waals surface area contributed by atoms with Crippen LogP contribution >= 0.6 is 0 Å². The maximum absolute atomic E-state index is 4.58. The van der Waals surface area contributed by atoms with E-state index in [1.165, 1.54) is 18.4 Å². The molecular weight excluding hydrogens is 272 g/mol. The normalized spacial score (nSPS) is 10.5. The first-order valence-corrected chi connectivity index (χ1v) is 7.92. The summed E-state index contributed by atoms with van der Waals surface area (Å²) in [7, 11) is 4.17. The second-order valence-electron chi connectivity index (χ2n) is 5.75. The summed E-state index contributed by atoms with van der Waals surface area (Å²) in [6.07, 6.45) is 2.36. The van der Waals surface area contributed by atoms with Crippen molar-refractivity contribution in [2.45, 2.75) is 33.2 Å². The van der Waals surface area contributed by atoms with Gasteiger partial charge in [0.1, 0.15) is 17.5 Å². The molecule has 0 amide bonds. The number of anilines is 2. The van der Waals surface area contributed by atoms with E-state index in [1.54, 1.807) is 0 Å². The van der Waals surface area contributed by atoms with Crippen LogP contribution in [0.4, 0.5) is 11.6 Å². The summed E-state index contributed by atoms with van der Waals surface area (Å²) in [4.78, 5) is 13.5. The second-order valence-corrected chi connectivity index (χ2v) is 5.75. The molecule has 4 heteroatoms. The molecule has 1 heterocycles. The van der Waals surface area contributed by atoms with Crippen LogP contribution in [0, 0.1) is 6.92 Å².